The molecule has 0 N–H and O–H groups in total. The first-order valence-corrected chi connectivity index (χ1v) is 8.59. The number of ether oxygens (including phenoxy) is 1. The summed E-state index contributed by atoms with van der Waals surface area (Å²) in [6.07, 6.45) is 1.87. The van der Waals surface area contributed by atoms with Crippen molar-refractivity contribution in [3.63, 3.8) is 0 Å². The quantitative estimate of drug-likeness (QED) is 0.801. The molecule has 0 fully saturated rings. The van der Waals surface area contributed by atoms with Crippen LogP contribution in [0.2, 0.25) is 0 Å². The molecular weight excluding hydrogens is 316 g/mol. The lowest BCUT2D eigenvalue weighted by atomic mass is 9.98. The molecule has 1 aromatic heterocycles. The summed E-state index contributed by atoms with van der Waals surface area (Å²) in [4.78, 5) is 20.2. The van der Waals surface area contributed by atoms with Crippen molar-refractivity contribution < 1.29 is 9.53 Å². The average molecular weight is 342 g/mol. The topological polar surface area (TPSA) is 50.6 Å². The molecule has 1 aliphatic heterocycles. The van der Waals surface area contributed by atoms with Crippen LogP contribution in [0.4, 0.5) is 0 Å². The Morgan fingerprint density at radius 1 is 1.32 bits per heavy atom. The molecule has 0 aliphatic carbocycles. The Hall–Kier alpha value is -2.18. The minimum absolute atomic E-state index is 0.0119. The summed E-state index contributed by atoms with van der Waals surface area (Å²) in [7, 11) is 5.51. The van der Waals surface area contributed by atoms with E-state index in [9.17, 15) is 4.79 Å². The fourth-order valence-corrected chi connectivity index (χ4v) is 3.32. The van der Waals surface area contributed by atoms with E-state index in [1.807, 2.05) is 19.4 Å². The highest BCUT2D eigenvalue weighted by atomic mass is 16.5. The van der Waals surface area contributed by atoms with Crippen LogP contribution in [0.15, 0.2) is 36.7 Å². The molecule has 134 valence electrons. The molecule has 1 aliphatic rings. The van der Waals surface area contributed by atoms with Crippen molar-refractivity contribution in [1.82, 2.24) is 19.4 Å². The molecule has 0 spiro atoms. The maximum atomic E-state index is 11.7. The second-order valence-corrected chi connectivity index (χ2v) is 6.84. The minimum atomic E-state index is -0.0119. The number of likely N-dealkylation sites (N-methyl/N-ethyl adjacent to an activating group) is 1. The molecule has 0 saturated heterocycles. The lowest BCUT2D eigenvalue weighted by Crippen LogP contribution is -2.36. The fraction of sp³-hybridized carbons (Fsp3) is 0.474. The summed E-state index contributed by atoms with van der Waals surface area (Å²) in [5.74, 6) is 0.206. The molecule has 1 atom stereocenters. The van der Waals surface area contributed by atoms with Crippen molar-refractivity contribution >= 4 is 5.91 Å². The van der Waals surface area contributed by atoms with Gasteiger partial charge in [-0.25, -0.2) is 4.98 Å². The van der Waals surface area contributed by atoms with Crippen LogP contribution >= 0.6 is 0 Å². The van der Waals surface area contributed by atoms with Gasteiger partial charge in [0.15, 0.2) is 0 Å². The van der Waals surface area contributed by atoms with E-state index in [0.29, 0.717) is 6.61 Å². The van der Waals surface area contributed by atoms with Gasteiger partial charge in [-0.15, -0.1) is 0 Å². The lowest BCUT2D eigenvalue weighted by Gasteiger charge is -2.32. The molecule has 0 saturated carbocycles. The smallest absolute Gasteiger partial charge is 0.248 e. The van der Waals surface area contributed by atoms with Gasteiger partial charge in [0.2, 0.25) is 5.91 Å². The standard InChI is InChI=1S/C19H26N4O2/c1-21(2)18(24)13-25-12-16-10-23(9-15-7-5-4-6-8-15)11-17-19(16)22(3)14-20-17/h4-8,14,16H,9-13H2,1-3H3/t16-/m0/s1. The number of carbonyl (C=O) groups is 1. The van der Waals surface area contributed by atoms with Crippen molar-refractivity contribution in [2.24, 2.45) is 7.05 Å². The maximum absolute atomic E-state index is 11.7. The molecule has 0 bridgehead atoms. The molecule has 6 nitrogen and oxygen atoms in total. The normalized spacial score (nSPS) is 17.3. The number of hydrogen-bond donors (Lipinski definition) is 0. The summed E-state index contributed by atoms with van der Waals surface area (Å²) in [5, 5.41) is 0. The molecule has 2 aromatic rings. The van der Waals surface area contributed by atoms with Gasteiger partial charge in [-0.3, -0.25) is 9.69 Å². The monoisotopic (exact) mass is 342 g/mol. The van der Waals surface area contributed by atoms with Crippen molar-refractivity contribution in [2.45, 2.75) is 19.0 Å². The number of fused-ring (bicyclic) bond motifs is 1. The highest BCUT2D eigenvalue weighted by molar-refractivity contribution is 5.76. The second-order valence-electron chi connectivity index (χ2n) is 6.84. The molecule has 3 rings (SSSR count). The number of carbonyl (C=O) groups excluding carboxylic acids is 1. The average Bonchev–Trinajstić information content (AvgIpc) is 2.96. The fourth-order valence-electron chi connectivity index (χ4n) is 3.32. The number of aryl methyl sites for hydroxylation is 1. The molecule has 2 heterocycles. The van der Waals surface area contributed by atoms with E-state index in [-0.39, 0.29) is 18.4 Å². The van der Waals surface area contributed by atoms with Gasteiger partial charge in [-0.1, -0.05) is 30.3 Å². The number of rotatable bonds is 6. The van der Waals surface area contributed by atoms with Gasteiger partial charge in [-0.2, -0.15) is 0 Å². The molecule has 0 radical (unpaired) electrons. The van der Waals surface area contributed by atoms with Gasteiger partial charge in [0.1, 0.15) is 6.61 Å². The number of nitrogens with zero attached hydrogens (tertiary/aromatic N) is 4. The van der Waals surface area contributed by atoms with Gasteiger partial charge < -0.3 is 14.2 Å². The van der Waals surface area contributed by atoms with E-state index in [1.165, 1.54) is 11.3 Å². The number of imidazole rings is 1. The zero-order valence-electron chi connectivity index (χ0n) is 15.2. The lowest BCUT2D eigenvalue weighted by molar-refractivity contribution is -0.133. The van der Waals surface area contributed by atoms with Crippen LogP contribution in [0.5, 0.6) is 0 Å². The predicted molar refractivity (Wildman–Crippen MR) is 96.0 cm³/mol. The molecule has 1 aromatic carbocycles. The highest BCUT2D eigenvalue weighted by Gasteiger charge is 2.29. The zero-order chi connectivity index (χ0) is 17.8. The largest absolute Gasteiger partial charge is 0.371 e. The maximum Gasteiger partial charge on any atom is 0.248 e. The van der Waals surface area contributed by atoms with Crippen LogP contribution < -0.4 is 0 Å². The summed E-state index contributed by atoms with van der Waals surface area (Å²) >= 11 is 0. The minimum Gasteiger partial charge on any atom is -0.371 e. The summed E-state index contributed by atoms with van der Waals surface area (Å²) in [6, 6.07) is 10.5. The number of aromatic nitrogens is 2. The van der Waals surface area contributed by atoms with Gasteiger partial charge in [0.25, 0.3) is 0 Å². The van der Waals surface area contributed by atoms with E-state index in [2.05, 4.69) is 38.7 Å². The van der Waals surface area contributed by atoms with Crippen molar-refractivity contribution in [1.29, 1.82) is 0 Å². The van der Waals surface area contributed by atoms with E-state index in [1.54, 1.807) is 19.0 Å². The van der Waals surface area contributed by atoms with Crippen molar-refractivity contribution in [2.75, 3.05) is 33.9 Å². The second kappa shape index (κ2) is 7.80. The Bertz CT molecular complexity index is 711. The highest BCUT2D eigenvalue weighted by Crippen LogP contribution is 2.28. The molecule has 1 amide bonds. The molecular formula is C19H26N4O2. The number of benzene rings is 1. The van der Waals surface area contributed by atoms with Crippen LogP contribution in [0.1, 0.15) is 22.9 Å². The van der Waals surface area contributed by atoms with Gasteiger partial charge >= 0.3 is 0 Å². The summed E-state index contributed by atoms with van der Waals surface area (Å²) in [6.45, 7) is 3.28. The van der Waals surface area contributed by atoms with Gasteiger partial charge in [0.05, 0.1) is 18.6 Å². The first-order chi connectivity index (χ1) is 12.0. The third kappa shape index (κ3) is 4.27. The Labute approximate surface area is 149 Å². The third-order valence-corrected chi connectivity index (χ3v) is 4.59. The SMILES string of the molecule is CN(C)C(=O)COC[C@@H]1CN(Cc2ccccc2)Cc2ncn(C)c21. The van der Waals surface area contributed by atoms with Crippen LogP contribution in [0.3, 0.4) is 0 Å². The van der Waals surface area contributed by atoms with Crippen LogP contribution in [0, 0.1) is 0 Å². The zero-order valence-corrected chi connectivity index (χ0v) is 15.2. The van der Waals surface area contributed by atoms with Crippen LogP contribution in [-0.2, 0) is 29.7 Å². The van der Waals surface area contributed by atoms with Crippen LogP contribution in [0.25, 0.3) is 0 Å². The van der Waals surface area contributed by atoms with Crippen LogP contribution in [-0.4, -0.2) is 59.1 Å². The van der Waals surface area contributed by atoms with Gasteiger partial charge in [0, 0.05) is 52.4 Å². The van der Waals surface area contributed by atoms with Crippen molar-refractivity contribution in [3.8, 4) is 0 Å². The van der Waals surface area contributed by atoms with E-state index in [0.717, 1.165) is 25.3 Å². The summed E-state index contributed by atoms with van der Waals surface area (Å²) in [5.41, 5.74) is 3.63. The number of hydrogen-bond acceptors (Lipinski definition) is 4. The Morgan fingerprint density at radius 2 is 2.08 bits per heavy atom. The first kappa shape index (κ1) is 17.6. The molecule has 25 heavy (non-hydrogen) atoms. The van der Waals surface area contributed by atoms with Crippen molar-refractivity contribution in [3.05, 3.63) is 53.6 Å². The Kier molecular flexibility index (Phi) is 5.50. The number of amides is 1. The van der Waals surface area contributed by atoms with E-state index in [4.69, 9.17) is 4.74 Å². The van der Waals surface area contributed by atoms with Gasteiger partial charge in [-0.05, 0) is 5.56 Å². The molecule has 0 unspecified atom stereocenters. The Morgan fingerprint density at radius 3 is 2.80 bits per heavy atom. The third-order valence-electron chi connectivity index (χ3n) is 4.59. The summed E-state index contributed by atoms with van der Waals surface area (Å²) < 4.78 is 7.80. The molecule has 6 heteroatoms. The van der Waals surface area contributed by atoms with E-state index < -0.39 is 0 Å². The predicted octanol–water partition coefficient (Wildman–Crippen LogP) is 1.62. The Balaban J connectivity index is 1.67. The van der Waals surface area contributed by atoms with E-state index >= 15 is 0 Å². The first-order valence-electron chi connectivity index (χ1n) is 8.59.